The predicted molar refractivity (Wildman–Crippen MR) is 73.6 cm³/mol. The van der Waals surface area contributed by atoms with Crippen molar-refractivity contribution >= 4 is 0 Å². The van der Waals surface area contributed by atoms with Gasteiger partial charge in [0.2, 0.25) is 0 Å². The Morgan fingerprint density at radius 2 is 1.95 bits per heavy atom. The third-order valence-electron chi connectivity index (χ3n) is 3.62. The number of likely N-dealkylation sites (tertiary alicyclic amines) is 1. The fourth-order valence-electron chi connectivity index (χ4n) is 2.71. The van der Waals surface area contributed by atoms with Crippen molar-refractivity contribution in [2.75, 3.05) is 32.8 Å². The first-order valence-corrected chi connectivity index (χ1v) is 6.91. The highest BCUT2D eigenvalue weighted by atomic mass is 16.7. The Morgan fingerprint density at radius 3 is 2.74 bits per heavy atom. The first-order valence-electron chi connectivity index (χ1n) is 6.91. The lowest BCUT2D eigenvalue weighted by Gasteiger charge is -2.37. The van der Waals surface area contributed by atoms with Gasteiger partial charge < -0.3 is 9.47 Å². The maximum absolute atomic E-state index is 5.76. The fourth-order valence-corrected chi connectivity index (χ4v) is 2.71. The molecule has 0 N–H and O–H groups in total. The van der Waals surface area contributed by atoms with E-state index in [4.69, 9.17) is 9.47 Å². The Hall–Kier alpha value is -1.34. The Morgan fingerprint density at radius 1 is 1.16 bits per heavy atom. The molecule has 3 nitrogen and oxygen atoms in total. The molecule has 2 saturated heterocycles. The van der Waals surface area contributed by atoms with E-state index in [1.165, 1.54) is 0 Å². The first-order chi connectivity index (χ1) is 9.36. The van der Waals surface area contributed by atoms with Crippen molar-refractivity contribution in [1.82, 2.24) is 4.90 Å². The van der Waals surface area contributed by atoms with Gasteiger partial charge in [-0.15, -0.1) is 0 Å². The molecule has 100 valence electrons. The molecule has 2 heterocycles. The number of hydrogen-bond acceptors (Lipinski definition) is 3. The summed E-state index contributed by atoms with van der Waals surface area (Å²) in [6, 6.07) is 10.1. The molecule has 0 aromatic heterocycles. The number of piperidine rings is 1. The van der Waals surface area contributed by atoms with Gasteiger partial charge >= 0.3 is 0 Å². The van der Waals surface area contributed by atoms with Gasteiger partial charge in [-0.05, 0) is 25.1 Å². The molecule has 0 amide bonds. The Labute approximate surface area is 114 Å². The second kappa shape index (κ2) is 5.75. The number of hydrogen-bond donors (Lipinski definition) is 0. The van der Waals surface area contributed by atoms with Gasteiger partial charge in [0, 0.05) is 12.0 Å². The van der Waals surface area contributed by atoms with Gasteiger partial charge in [0.05, 0.1) is 26.3 Å². The summed E-state index contributed by atoms with van der Waals surface area (Å²) < 4.78 is 11.5. The smallest absolute Gasteiger partial charge is 0.181 e. The topological polar surface area (TPSA) is 21.7 Å². The molecule has 0 bridgehead atoms. The van der Waals surface area contributed by atoms with E-state index in [2.05, 4.69) is 16.7 Å². The standard InChI is InChI=1S/C16H19NO2/c1-2-6-15(7-3-1)8-4-10-17-11-5-9-16(14-17)18-12-13-19-16/h1-3,6-7H,5,9-14H2. The molecule has 0 atom stereocenters. The molecule has 0 aliphatic carbocycles. The lowest BCUT2D eigenvalue weighted by molar-refractivity contribution is -0.187. The molecule has 1 aromatic rings. The molecule has 0 radical (unpaired) electrons. The number of rotatable bonds is 1. The summed E-state index contributed by atoms with van der Waals surface area (Å²) in [6.45, 7) is 4.16. The van der Waals surface area contributed by atoms with Gasteiger partial charge in [0.1, 0.15) is 0 Å². The zero-order valence-corrected chi connectivity index (χ0v) is 11.1. The van der Waals surface area contributed by atoms with Gasteiger partial charge in [0.25, 0.3) is 0 Å². The monoisotopic (exact) mass is 257 g/mol. The minimum atomic E-state index is -0.341. The SMILES string of the molecule is C(#Cc1ccccc1)CN1CCCC2(C1)OCCO2. The van der Waals surface area contributed by atoms with Crippen LogP contribution in [0.4, 0.5) is 0 Å². The van der Waals surface area contributed by atoms with Gasteiger partial charge in [-0.25, -0.2) is 0 Å². The van der Waals surface area contributed by atoms with Crippen LogP contribution in [-0.2, 0) is 9.47 Å². The maximum atomic E-state index is 5.76. The summed E-state index contributed by atoms with van der Waals surface area (Å²) in [5.74, 6) is 6.10. The molecule has 2 aliphatic heterocycles. The Bertz CT molecular complexity index is 469. The summed E-state index contributed by atoms with van der Waals surface area (Å²) in [5, 5.41) is 0. The van der Waals surface area contributed by atoms with Crippen LogP contribution in [-0.4, -0.2) is 43.5 Å². The van der Waals surface area contributed by atoms with Crippen LogP contribution in [0.3, 0.4) is 0 Å². The highest BCUT2D eigenvalue weighted by molar-refractivity contribution is 5.33. The van der Waals surface area contributed by atoms with Gasteiger partial charge in [0.15, 0.2) is 5.79 Å². The van der Waals surface area contributed by atoms with Crippen LogP contribution in [0.25, 0.3) is 0 Å². The van der Waals surface area contributed by atoms with Gasteiger partial charge in [-0.1, -0.05) is 30.0 Å². The van der Waals surface area contributed by atoms with Crippen LogP contribution < -0.4 is 0 Å². The zero-order chi connectivity index (χ0) is 13.0. The molecule has 0 saturated carbocycles. The highest BCUT2D eigenvalue weighted by Gasteiger charge is 2.40. The second-order valence-corrected chi connectivity index (χ2v) is 5.09. The average molecular weight is 257 g/mol. The third-order valence-corrected chi connectivity index (χ3v) is 3.62. The highest BCUT2D eigenvalue weighted by Crippen LogP contribution is 2.29. The normalized spacial score (nSPS) is 22.1. The van der Waals surface area contributed by atoms with Gasteiger partial charge in [-0.2, -0.15) is 0 Å². The molecule has 3 heteroatoms. The van der Waals surface area contributed by atoms with E-state index in [0.29, 0.717) is 0 Å². The maximum Gasteiger partial charge on any atom is 0.181 e. The van der Waals surface area contributed by atoms with E-state index in [1.54, 1.807) is 0 Å². The van der Waals surface area contributed by atoms with Crippen LogP contribution >= 0.6 is 0 Å². The second-order valence-electron chi connectivity index (χ2n) is 5.09. The van der Waals surface area contributed by atoms with Crippen molar-refractivity contribution in [1.29, 1.82) is 0 Å². The number of ether oxygens (including phenoxy) is 2. The fraction of sp³-hybridized carbons (Fsp3) is 0.500. The lowest BCUT2D eigenvalue weighted by atomic mass is 10.0. The molecule has 1 spiro atoms. The Kier molecular flexibility index (Phi) is 3.84. The molecule has 0 unspecified atom stereocenters. The molecule has 2 aliphatic rings. The van der Waals surface area contributed by atoms with Crippen LogP contribution in [0.15, 0.2) is 30.3 Å². The largest absolute Gasteiger partial charge is 0.346 e. The minimum Gasteiger partial charge on any atom is -0.346 e. The summed E-state index contributed by atoms with van der Waals surface area (Å²) in [6.07, 6.45) is 2.13. The van der Waals surface area contributed by atoms with E-state index in [-0.39, 0.29) is 5.79 Å². The molecule has 3 rings (SSSR count). The van der Waals surface area contributed by atoms with Crippen molar-refractivity contribution in [3.63, 3.8) is 0 Å². The lowest BCUT2D eigenvalue weighted by Crippen LogP contribution is -2.48. The van der Waals surface area contributed by atoms with Crippen molar-refractivity contribution in [3.8, 4) is 11.8 Å². The molecule has 2 fully saturated rings. The molecular weight excluding hydrogens is 238 g/mol. The summed E-state index contributed by atoms with van der Waals surface area (Å²) in [7, 11) is 0. The zero-order valence-electron chi connectivity index (χ0n) is 11.1. The minimum absolute atomic E-state index is 0.341. The van der Waals surface area contributed by atoms with E-state index >= 15 is 0 Å². The van der Waals surface area contributed by atoms with Crippen LogP contribution in [0.1, 0.15) is 18.4 Å². The van der Waals surface area contributed by atoms with Crippen LogP contribution in [0.2, 0.25) is 0 Å². The van der Waals surface area contributed by atoms with Crippen LogP contribution in [0, 0.1) is 11.8 Å². The first kappa shape index (κ1) is 12.7. The van der Waals surface area contributed by atoms with Crippen molar-refractivity contribution < 1.29 is 9.47 Å². The molecular formula is C16H19NO2. The third kappa shape index (κ3) is 3.16. The van der Waals surface area contributed by atoms with E-state index in [0.717, 1.165) is 51.3 Å². The molecule has 1 aromatic carbocycles. The van der Waals surface area contributed by atoms with Crippen molar-refractivity contribution in [3.05, 3.63) is 35.9 Å². The summed E-state index contributed by atoms with van der Waals surface area (Å²) in [5.41, 5.74) is 1.07. The van der Waals surface area contributed by atoms with Gasteiger partial charge in [-0.3, -0.25) is 4.90 Å². The number of nitrogens with zero attached hydrogens (tertiary/aromatic N) is 1. The summed E-state index contributed by atoms with van der Waals surface area (Å²) >= 11 is 0. The van der Waals surface area contributed by atoms with Crippen molar-refractivity contribution in [2.24, 2.45) is 0 Å². The number of benzene rings is 1. The average Bonchev–Trinajstić information content (AvgIpc) is 2.88. The Balaban J connectivity index is 1.57. The van der Waals surface area contributed by atoms with E-state index in [1.807, 2.05) is 30.3 Å². The van der Waals surface area contributed by atoms with E-state index in [9.17, 15) is 0 Å². The van der Waals surface area contributed by atoms with E-state index < -0.39 is 0 Å². The predicted octanol–water partition coefficient (Wildman–Crippen LogP) is 1.88. The van der Waals surface area contributed by atoms with Crippen LogP contribution in [0.5, 0.6) is 0 Å². The summed E-state index contributed by atoms with van der Waals surface area (Å²) in [4.78, 5) is 2.32. The quantitative estimate of drug-likeness (QED) is 0.717. The molecule has 19 heavy (non-hydrogen) atoms. The van der Waals surface area contributed by atoms with Crippen molar-refractivity contribution in [2.45, 2.75) is 18.6 Å².